The van der Waals surface area contributed by atoms with Crippen molar-refractivity contribution in [3.63, 3.8) is 0 Å². The van der Waals surface area contributed by atoms with Crippen molar-refractivity contribution in [2.75, 3.05) is 31.1 Å². The molecule has 18 heavy (non-hydrogen) atoms. The van der Waals surface area contributed by atoms with Crippen LogP contribution in [0.2, 0.25) is 0 Å². The van der Waals surface area contributed by atoms with Crippen LogP contribution < -0.4 is 10.2 Å². The third kappa shape index (κ3) is 3.03. The van der Waals surface area contributed by atoms with E-state index in [4.69, 9.17) is 0 Å². The molecule has 1 aromatic rings. The highest BCUT2D eigenvalue weighted by molar-refractivity contribution is 5.56. The predicted molar refractivity (Wildman–Crippen MR) is 76.3 cm³/mol. The van der Waals surface area contributed by atoms with Gasteiger partial charge in [-0.25, -0.2) is 0 Å². The number of aryl methyl sites for hydroxylation is 2. The number of benzene rings is 1. The normalized spacial score (nSPS) is 16.5. The van der Waals surface area contributed by atoms with E-state index in [0.717, 1.165) is 19.6 Å². The summed E-state index contributed by atoms with van der Waals surface area (Å²) in [7, 11) is 0. The third-order valence-electron chi connectivity index (χ3n) is 3.60. The first-order chi connectivity index (χ1) is 8.74. The summed E-state index contributed by atoms with van der Waals surface area (Å²) >= 11 is 0. The van der Waals surface area contributed by atoms with Crippen LogP contribution in [0.25, 0.3) is 0 Å². The van der Waals surface area contributed by atoms with Crippen molar-refractivity contribution in [2.24, 2.45) is 0 Å². The highest BCUT2D eigenvalue weighted by Crippen LogP contribution is 2.27. The van der Waals surface area contributed by atoms with Crippen molar-refractivity contribution in [1.29, 1.82) is 0 Å². The molecule has 0 saturated carbocycles. The van der Waals surface area contributed by atoms with Crippen molar-refractivity contribution >= 4 is 5.69 Å². The summed E-state index contributed by atoms with van der Waals surface area (Å²) in [5.41, 5.74) is 4.14. The van der Waals surface area contributed by atoms with Gasteiger partial charge in [-0.3, -0.25) is 0 Å². The second kappa shape index (κ2) is 6.21. The second-order valence-corrected chi connectivity index (χ2v) is 5.12. The van der Waals surface area contributed by atoms with Crippen LogP contribution in [0.4, 0.5) is 5.69 Å². The predicted octanol–water partition coefficient (Wildman–Crippen LogP) is 1.72. The minimum absolute atomic E-state index is 0.169. The largest absolute Gasteiger partial charge is 0.395 e. The van der Waals surface area contributed by atoms with Gasteiger partial charge in [0.2, 0.25) is 0 Å². The minimum atomic E-state index is 0.169. The van der Waals surface area contributed by atoms with Crippen molar-refractivity contribution in [3.05, 3.63) is 29.3 Å². The van der Waals surface area contributed by atoms with Crippen LogP contribution in [0.1, 0.15) is 24.5 Å². The number of aliphatic hydroxyl groups is 1. The molecular weight excluding hydrogens is 224 g/mol. The van der Waals surface area contributed by atoms with E-state index in [1.54, 1.807) is 0 Å². The van der Waals surface area contributed by atoms with Crippen LogP contribution in [0, 0.1) is 6.92 Å². The lowest BCUT2D eigenvalue weighted by Crippen LogP contribution is -2.45. The topological polar surface area (TPSA) is 35.5 Å². The average Bonchev–Trinajstić information content (AvgIpc) is 2.38. The van der Waals surface area contributed by atoms with Gasteiger partial charge in [0.1, 0.15) is 0 Å². The Bertz CT molecular complexity index is 392. The minimum Gasteiger partial charge on any atom is -0.395 e. The Hall–Kier alpha value is -1.06. The maximum Gasteiger partial charge on any atom is 0.0601 e. The van der Waals surface area contributed by atoms with E-state index >= 15 is 0 Å². The Labute approximate surface area is 110 Å². The molecule has 1 atom stereocenters. The summed E-state index contributed by atoms with van der Waals surface area (Å²) in [6.07, 6.45) is 2.39. The number of likely N-dealkylation sites (N-methyl/N-ethyl adjacent to an activating group) is 1. The number of rotatable bonds is 5. The first kappa shape index (κ1) is 13.4. The Morgan fingerprint density at radius 2 is 2.28 bits per heavy atom. The molecule has 0 saturated heterocycles. The van der Waals surface area contributed by atoms with E-state index in [0.29, 0.717) is 0 Å². The Balaban J connectivity index is 2.12. The molecule has 0 fully saturated rings. The SMILES string of the molecule is CCNC(CO)CN1CCCc2cc(C)ccc21. The lowest BCUT2D eigenvalue weighted by Gasteiger charge is -2.34. The molecule has 0 aromatic heterocycles. The average molecular weight is 248 g/mol. The standard InChI is InChI=1S/C15H24N2O/c1-3-16-14(11-18)10-17-8-4-5-13-9-12(2)6-7-15(13)17/h6-7,9,14,16,18H,3-5,8,10-11H2,1-2H3. The van der Waals surface area contributed by atoms with Gasteiger partial charge in [-0.2, -0.15) is 0 Å². The number of aliphatic hydroxyl groups excluding tert-OH is 1. The molecule has 3 heteroatoms. The van der Waals surface area contributed by atoms with E-state index < -0.39 is 0 Å². The molecule has 1 aromatic carbocycles. The molecule has 0 amide bonds. The van der Waals surface area contributed by atoms with Crippen molar-refractivity contribution in [2.45, 2.75) is 32.7 Å². The Kier molecular flexibility index (Phi) is 4.61. The number of nitrogens with one attached hydrogen (secondary N) is 1. The zero-order valence-corrected chi connectivity index (χ0v) is 11.4. The molecule has 2 rings (SSSR count). The summed E-state index contributed by atoms with van der Waals surface area (Å²) < 4.78 is 0. The van der Waals surface area contributed by atoms with Crippen molar-refractivity contribution in [3.8, 4) is 0 Å². The number of hydrogen-bond acceptors (Lipinski definition) is 3. The fourth-order valence-corrected chi connectivity index (χ4v) is 2.74. The number of fused-ring (bicyclic) bond motifs is 1. The summed E-state index contributed by atoms with van der Waals surface area (Å²) in [5, 5.41) is 12.7. The zero-order valence-electron chi connectivity index (χ0n) is 11.4. The molecule has 0 bridgehead atoms. The maximum atomic E-state index is 9.39. The first-order valence-corrected chi connectivity index (χ1v) is 6.93. The van der Waals surface area contributed by atoms with Crippen molar-refractivity contribution < 1.29 is 5.11 Å². The molecule has 0 spiro atoms. The van der Waals surface area contributed by atoms with E-state index in [9.17, 15) is 5.11 Å². The fraction of sp³-hybridized carbons (Fsp3) is 0.600. The van der Waals surface area contributed by atoms with E-state index in [2.05, 4.69) is 42.3 Å². The van der Waals surface area contributed by atoms with Gasteiger partial charge >= 0.3 is 0 Å². The van der Waals surface area contributed by atoms with Gasteiger partial charge in [-0.05, 0) is 37.9 Å². The number of hydrogen-bond donors (Lipinski definition) is 2. The van der Waals surface area contributed by atoms with Crippen molar-refractivity contribution in [1.82, 2.24) is 5.32 Å². The Morgan fingerprint density at radius 3 is 3.00 bits per heavy atom. The molecule has 1 aliphatic heterocycles. The molecular formula is C15H24N2O. The lowest BCUT2D eigenvalue weighted by molar-refractivity contribution is 0.245. The molecule has 3 nitrogen and oxygen atoms in total. The molecule has 1 heterocycles. The number of nitrogens with zero attached hydrogens (tertiary/aromatic N) is 1. The summed E-state index contributed by atoms with van der Waals surface area (Å²) in [4.78, 5) is 2.40. The van der Waals surface area contributed by atoms with Crippen LogP contribution in [-0.4, -0.2) is 37.4 Å². The Morgan fingerprint density at radius 1 is 1.44 bits per heavy atom. The highest BCUT2D eigenvalue weighted by Gasteiger charge is 2.19. The maximum absolute atomic E-state index is 9.39. The van der Waals surface area contributed by atoms with Gasteiger partial charge in [0.15, 0.2) is 0 Å². The van der Waals surface area contributed by atoms with Crippen LogP contribution in [0.3, 0.4) is 0 Å². The van der Waals surface area contributed by atoms with Gasteiger partial charge in [0, 0.05) is 24.8 Å². The lowest BCUT2D eigenvalue weighted by atomic mass is 9.99. The first-order valence-electron chi connectivity index (χ1n) is 6.93. The monoisotopic (exact) mass is 248 g/mol. The molecule has 0 aliphatic carbocycles. The van der Waals surface area contributed by atoms with Gasteiger partial charge < -0.3 is 15.3 Å². The smallest absolute Gasteiger partial charge is 0.0601 e. The molecule has 100 valence electrons. The quantitative estimate of drug-likeness (QED) is 0.833. The van der Waals surface area contributed by atoms with Crippen LogP contribution in [0.15, 0.2) is 18.2 Å². The highest BCUT2D eigenvalue weighted by atomic mass is 16.3. The van der Waals surface area contributed by atoms with Gasteiger partial charge in [0.05, 0.1) is 6.61 Å². The number of anilines is 1. The van der Waals surface area contributed by atoms with Crippen LogP contribution >= 0.6 is 0 Å². The zero-order chi connectivity index (χ0) is 13.0. The van der Waals surface area contributed by atoms with Gasteiger partial charge in [-0.1, -0.05) is 24.6 Å². The van der Waals surface area contributed by atoms with Gasteiger partial charge in [-0.15, -0.1) is 0 Å². The van der Waals surface area contributed by atoms with E-state index in [1.807, 2.05) is 0 Å². The fourth-order valence-electron chi connectivity index (χ4n) is 2.74. The van der Waals surface area contributed by atoms with Crippen LogP contribution in [0.5, 0.6) is 0 Å². The van der Waals surface area contributed by atoms with Crippen LogP contribution in [-0.2, 0) is 6.42 Å². The molecule has 0 radical (unpaired) electrons. The third-order valence-corrected chi connectivity index (χ3v) is 3.60. The summed E-state index contributed by atoms with van der Waals surface area (Å²) in [6.45, 7) is 7.31. The molecule has 1 aliphatic rings. The second-order valence-electron chi connectivity index (χ2n) is 5.12. The summed E-state index contributed by atoms with van der Waals surface area (Å²) in [6, 6.07) is 6.87. The molecule has 2 N–H and O–H groups in total. The molecule has 1 unspecified atom stereocenters. The summed E-state index contributed by atoms with van der Waals surface area (Å²) in [5.74, 6) is 0. The van der Waals surface area contributed by atoms with Gasteiger partial charge in [0.25, 0.3) is 0 Å². The van der Waals surface area contributed by atoms with E-state index in [-0.39, 0.29) is 12.6 Å². The van der Waals surface area contributed by atoms with E-state index in [1.165, 1.54) is 29.7 Å².